The van der Waals surface area contributed by atoms with Crippen LogP contribution < -0.4 is 10.2 Å². The van der Waals surface area contributed by atoms with Crippen molar-refractivity contribution in [3.05, 3.63) is 46.6 Å². The number of nitrogens with zero attached hydrogens (tertiary/aromatic N) is 6. The van der Waals surface area contributed by atoms with Crippen molar-refractivity contribution in [1.29, 1.82) is 0 Å². The zero-order valence-electron chi connectivity index (χ0n) is 18.5. The fourth-order valence-corrected chi connectivity index (χ4v) is 4.42. The maximum atomic E-state index is 14.2. The molecular formula is C21H17ClF5N7O2. The number of amides is 3. The fraction of sp³-hybridized carbons (Fsp3) is 0.381. The molecule has 1 N–H and O–H groups in total. The minimum Gasteiger partial charge on any atom is -0.337 e. The number of anilines is 2. The summed E-state index contributed by atoms with van der Waals surface area (Å²) in [7, 11) is 0. The zero-order valence-corrected chi connectivity index (χ0v) is 19.2. The second kappa shape index (κ2) is 8.25. The molecule has 2 aliphatic heterocycles. The van der Waals surface area contributed by atoms with E-state index in [4.69, 9.17) is 11.6 Å². The van der Waals surface area contributed by atoms with Gasteiger partial charge in [-0.3, -0.25) is 9.69 Å². The van der Waals surface area contributed by atoms with Crippen LogP contribution in [0.1, 0.15) is 41.5 Å². The van der Waals surface area contributed by atoms with E-state index in [1.54, 1.807) is 0 Å². The number of hydrogen-bond donors (Lipinski definition) is 1. The fourth-order valence-electron chi connectivity index (χ4n) is 4.25. The molecule has 5 heterocycles. The molecule has 0 spiro atoms. The molecule has 3 aromatic heterocycles. The molecule has 0 radical (unpaired) electrons. The van der Waals surface area contributed by atoms with E-state index >= 15 is 0 Å². The van der Waals surface area contributed by atoms with Crippen LogP contribution in [0.4, 0.5) is 38.1 Å². The highest BCUT2D eigenvalue weighted by Gasteiger charge is 2.60. The van der Waals surface area contributed by atoms with E-state index in [9.17, 15) is 31.5 Å². The monoisotopic (exact) mass is 529 g/mol. The Balaban J connectivity index is 1.49. The number of halogens is 6. The molecule has 9 nitrogen and oxygen atoms in total. The molecule has 1 fully saturated rings. The molecular weight excluding hydrogens is 513 g/mol. The van der Waals surface area contributed by atoms with E-state index < -0.39 is 47.8 Å². The number of hydrogen-bond acceptors (Lipinski definition) is 5. The lowest BCUT2D eigenvalue weighted by molar-refractivity contribution is -0.181. The number of aromatic nitrogens is 4. The number of pyridine rings is 1. The van der Waals surface area contributed by atoms with Gasteiger partial charge in [0.1, 0.15) is 11.1 Å². The van der Waals surface area contributed by atoms with Gasteiger partial charge in [0, 0.05) is 25.7 Å². The number of likely N-dealkylation sites (tertiary alicyclic amines) is 1. The number of nitrogens with one attached hydrogen (secondary N) is 1. The van der Waals surface area contributed by atoms with E-state index in [1.165, 1.54) is 11.0 Å². The van der Waals surface area contributed by atoms with Gasteiger partial charge in [0.2, 0.25) is 0 Å². The predicted octanol–water partition coefficient (Wildman–Crippen LogP) is 4.43. The van der Waals surface area contributed by atoms with Crippen molar-refractivity contribution in [3.63, 3.8) is 0 Å². The zero-order chi connectivity index (χ0) is 26.0. The molecule has 2 aliphatic rings. The summed E-state index contributed by atoms with van der Waals surface area (Å²) in [5, 5.41) is 6.11. The number of alkyl halides is 5. The summed E-state index contributed by atoms with van der Waals surface area (Å²) in [6, 6.07) is 1.13. The molecule has 190 valence electrons. The van der Waals surface area contributed by atoms with Crippen LogP contribution in [0, 0.1) is 0 Å². The summed E-state index contributed by atoms with van der Waals surface area (Å²) in [6.45, 7) is 0.949. The average molecular weight is 530 g/mol. The predicted molar refractivity (Wildman–Crippen MR) is 117 cm³/mol. The molecule has 15 heteroatoms. The van der Waals surface area contributed by atoms with Gasteiger partial charge in [0.05, 0.1) is 35.0 Å². The standard InChI is InChI=1S/C21H17ClF5N7O2/c1-20(21(25,26)27)9-33(12-8-28-14-6-13(22)31-34(14)16(12)20)19(36)30-10-5-11(17(23)24)15(29-7-10)18(35)32-3-2-4-32/h5-8,17H,2-4,9H2,1H3,(H,30,36)/t20-/m1/s1. The van der Waals surface area contributed by atoms with Crippen LogP contribution in [0.3, 0.4) is 0 Å². The van der Waals surface area contributed by atoms with Crippen molar-refractivity contribution in [1.82, 2.24) is 24.5 Å². The van der Waals surface area contributed by atoms with E-state index in [-0.39, 0.29) is 27.9 Å². The van der Waals surface area contributed by atoms with Gasteiger partial charge in [-0.2, -0.15) is 18.3 Å². The Morgan fingerprint density at radius 1 is 1.17 bits per heavy atom. The van der Waals surface area contributed by atoms with Crippen LogP contribution in [0.5, 0.6) is 0 Å². The number of urea groups is 1. The highest BCUT2D eigenvalue weighted by Crippen LogP contribution is 2.50. The summed E-state index contributed by atoms with van der Waals surface area (Å²) in [5.41, 5.74) is -4.34. The second-order valence-electron chi connectivity index (χ2n) is 8.68. The van der Waals surface area contributed by atoms with E-state index in [0.29, 0.717) is 13.1 Å². The van der Waals surface area contributed by atoms with E-state index in [2.05, 4.69) is 20.4 Å². The van der Waals surface area contributed by atoms with Gasteiger partial charge in [-0.1, -0.05) is 11.6 Å². The van der Waals surface area contributed by atoms with Gasteiger partial charge >= 0.3 is 12.2 Å². The average Bonchev–Trinajstić information content (AvgIpc) is 3.29. The largest absolute Gasteiger partial charge is 0.401 e. The van der Waals surface area contributed by atoms with Gasteiger partial charge in [0.15, 0.2) is 10.8 Å². The molecule has 0 saturated carbocycles. The smallest absolute Gasteiger partial charge is 0.337 e. The third-order valence-electron chi connectivity index (χ3n) is 6.34. The molecule has 0 aliphatic carbocycles. The highest BCUT2D eigenvalue weighted by molar-refractivity contribution is 6.29. The van der Waals surface area contributed by atoms with Crippen molar-refractivity contribution in [2.45, 2.75) is 31.4 Å². The molecule has 1 saturated heterocycles. The van der Waals surface area contributed by atoms with Crippen LogP contribution in [-0.4, -0.2) is 62.2 Å². The lowest BCUT2D eigenvalue weighted by Gasteiger charge is -2.31. The van der Waals surface area contributed by atoms with Crippen molar-refractivity contribution in [3.8, 4) is 0 Å². The first-order chi connectivity index (χ1) is 16.9. The Kier molecular flexibility index (Phi) is 5.54. The first-order valence-electron chi connectivity index (χ1n) is 10.7. The summed E-state index contributed by atoms with van der Waals surface area (Å²) in [5.74, 6) is -0.656. The summed E-state index contributed by atoms with van der Waals surface area (Å²) in [4.78, 5) is 35.5. The number of fused-ring (bicyclic) bond motifs is 3. The third kappa shape index (κ3) is 3.70. The van der Waals surface area contributed by atoms with Crippen molar-refractivity contribution >= 4 is 40.6 Å². The minimum absolute atomic E-state index is 0.0599. The second-order valence-corrected chi connectivity index (χ2v) is 9.07. The summed E-state index contributed by atoms with van der Waals surface area (Å²) < 4.78 is 70.9. The SMILES string of the molecule is C[C@@]1(C(F)(F)F)CN(C(=O)Nc2cnc(C(=O)N3CCC3)c(C(F)F)c2)c2cnc3cc(Cl)nn3c21. The number of carbonyl (C=O) groups is 2. The normalized spacial score (nSPS) is 19.6. The number of rotatable bonds is 3. The van der Waals surface area contributed by atoms with Gasteiger partial charge in [0.25, 0.3) is 12.3 Å². The third-order valence-corrected chi connectivity index (χ3v) is 6.53. The van der Waals surface area contributed by atoms with Gasteiger partial charge < -0.3 is 10.2 Å². The van der Waals surface area contributed by atoms with Gasteiger partial charge in [-0.15, -0.1) is 0 Å². The van der Waals surface area contributed by atoms with Crippen LogP contribution in [0.25, 0.3) is 5.65 Å². The lowest BCUT2D eigenvalue weighted by Crippen LogP contribution is -2.46. The highest BCUT2D eigenvalue weighted by atomic mass is 35.5. The molecule has 0 bridgehead atoms. The Labute approximate surface area is 204 Å². The molecule has 36 heavy (non-hydrogen) atoms. The maximum Gasteiger partial charge on any atom is 0.401 e. The molecule has 0 aromatic carbocycles. The van der Waals surface area contributed by atoms with Gasteiger partial charge in [-0.05, 0) is 19.4 Å². The Morgan fingerprint density at radius 3 is 2.50 bits per heavy atom. The van der Waals surface area contributed by atoms with E-state index in [0.717, 1.165) is 41.2 Å². The Morgan fingerprint density at radius 2 is 1.89 bits per heavy atom. The quantitative estimate of drug-likeness (QED) is 0.506. The van der Waals surface area contributed by atoms with Crippen LogP contribution in [0.15, 0.2) is 24.5 Å². The first-order valence-corrected chi connectivity index (χ1v) is 11.1. The molecule has 3 amide bonds. The van der Waals surface area contributed by atoms with Gasteiger partial charge in [-0.25, -0.2) is 28.1 Å². The summed E-state index contributed by atoms with van der Waals surface area (Å²) in [6.07, 6.45) is -5.00. The van der Waals surface area contributed by atoms with E-state index in [1.807, 2.05) is 0 Å². The van der Waals surface area contributed by atoms with Crippen LogP contribution in [0.2, 0.25) is 5.15 Å². The van der Waals surface area contributed by atoms with Crippen LogP contribution in [-0.2, 0) is 5.41 Å². The summed E-state index contributed by atoms with van der Waals surface area (Å²) >= 11 is 5.86. The van der Waals surface area contributed by atoms with Crippen molar-refractivity contribution < 1.29 is 31.5 Å². The number of carbonyl (C=O) groups excluding carboxylic acids is 2. The maximum absolute atomic E-state index is 14.2. The molecule has 3 aromatic rings. The molecule has 1 atom stereocenters. The van der Waals surface area contributed by atoms with Crippen LogP contribution >= 0.6 is 11.6 Å². The lowest BCUT2D eigenvalue weighted by atomic mass is 9.88. The Hall–Kier alpha value is -3.55. The van der Waals surface area contributed by atoms with Crippen molar-refractivity contribution in [2.75, 3.05) is 29.9 Å². The first kappa shape index (κ1) is 24.2. The van der Waals surface area contributed by atoms with Crippen molar-refractivity contribution in [2.24, 2.45) is 0 Å². The molecule has 0 unspecified atom stereocenters. The molecule has 5 rings (SSSR count). The topological polar surface area (TPSA) is 95.7 Å². The Bertz CT molecular complexity index is 1390. The minimum atomic E-state index is -4.78.